The lowest BCUT2D eigenvalue weighted by molar-refractivity contribution is 0.102. The van der Waals surface area contributed by atoms with Crippen molar-refractivity contribution in [2.75, 3.05) is 12.4 Å². The molecule has 1 aromatic rings. The molecular weight excluding hydrogens is 236 g/mol. The second-order valence-electron chi connectivity index (χ2n) is 4.22. The molecule has 1 aliphatic rings. The van der Waals surface area contributed by atoms with Crippen molar-refractivity contribution in [3.8, 4) is 0 Å². The van der Waals surface area contributed by atoms with Crippen LogP contribution in [-0.4, -0.2) is 33.7 Å². The quantitative estimate of drug-likeness (QED) is 0.767. The molecule has 0 aliphatic carbocycles. The largest absolute Gasteiger partial charge is 0.377 e. The summed E-state index contributed by atoms with van der Waals surface area (Å²) >= 11 is 0. The van der Waals surface area contributed by atoms with Gasteiger partial charge in [-0.05, 0) is 13.3 Å². The third-order valence-corrected chi connectivity index (χ3v) is 4.85. The summed E-state index contributed by atoms with van der Waals surface area (Å²) < 4.78 is 17.4. The fourth-order valence-electron chi connectivity index (χ4n) is 2.00. The van der Waals surface area contributed by atoms with Gasteiger partial charge >= 0.3 is 0 Å². The second kappa shape index (κ2) is 5.56. The van der Waals surface area contributed by atoms with Gasteiger partial charge < -0.3 is 4.74 Å². The van der Waals surface area contributed by atoms with E-state index in [-0.39, 0.29) is 22.9 Å². The fraction of sp³-hybridized carbons (Fsp3) is 0.462. The summed E-state index contributed by atoms with van der Waals surface area (Å²) in [4.78, 5) is 11.9. The Morgan fingerprint density at radius 2 is 2.12 bits per heavy atom. The lowest BCUT2D eigenvalue weighted by atomic mass is 10.2. The van der Waals surface area contributed by atoms with Crippen molar-refractivity contribution in [2.24, 2.45) is 0 Å². The van der Waals surface area contributed by atoms with Gasteiger partial charge in [0.05, 0.1) is 17.1 Å². The predicted molar refractivity (Wildman–Crippen MR) is 67.6 cm³/mol. The molecule has 4 heteroatoms. The first kappa shape index (κ1) is 12.5. The van der Waals surface area contributed by atoms with E-state index < -0.39 is 10.8 Å². The topological polar surface area (TPSA) is 43.4 Å². The van der Waals surface area contributed by atoms with Gasteiger partial charge in [-0.15, -0.1) is 0 Å². The number of ketones is 1. The molecule has 3 nitrogen and oxygen atoms in total. The van der Waals surface area contributed by atoms with Crippen molar-refractivity contribution in [1.82, 2.24) is 0 Å². The molecule has 1 fully saturated rings. The van der Waals surface area contributed by atoms with Crippen LogP contribution < -0.4 is 0 Å². The van der Waals surface area contributed by atoms with Gasteiger partial charge in [-0.25, -0.2) is 0 Å². The Bertz CT molecular complexity index is 416. The van der Waals surface area contributed by atoms with Crippen LogP contribution in [0.15, 0.2) is 30.3 Å². The zero-order valence-electron chi connectivity index (χ0n) is 9.80. The number of hydrogen-bond acceptors (Lipinski definition) is 3. The van der Waals surface area contributed by atoms with Crippen molar-refractivity contribution >= 4 is 16.6 Å². The molecule has 1 saturated heterocycles. The Hall–Kier alpha value is -1.00. The number of ether oxygens (including phenoxy) is 1. The van der Waals surface area contributed by atoms with E-state index in [9.17, 15) is 9.00 Å². The molecule has 0 bridgehead atoms. The normalized spacial score (nSPS) is 25.7. The molecule has 0 radical (unpaired) electrons. The maximum atomic E-state index is 12.0. The molecule has 1 aromatic carbocycles. The molecule has 3 unspecified atom stereocenters. The van der Waals surface area contributed by atoms with Crippen molar-refractivity contribution < 1.29 is 13.7 Å². The number of Topliss-reactive ketones (excluding diaryl/α,β-unsaturated/α-hetero) is 1. The minimum atomic E-state index is -1.13. The Labute approximate surface area is 104 Å². The molecule has 0 aromatic heterocycles. The van der Waals surface area contributed by atoms with Gasteiger partial charge in [-0.3, -0.25) is 9.00 Å². The lowest BCUT2D eigenvalue weighted by Crippen LogP contribution is -2.27. The van der Waals surface area contributed by atoms with E-state index in [0.717, 1.165) is 6.42 Å². The molecule has 0 N–H and O–H groups in total. The van der Waals surface area contributed by atoms with Gasteiger partial charge in [0.1, 0.15) is 0 Å². The third kappa shape index (κ3) is 3.01. The van der Waals surface area contributed by atoms with Crippen LogP contribution in [0.5, 0.6) is 0 Å². The van der Waals surface area contributed by atoms with Crippen molar-refractivity contribution in [2.45, 2.75) is 24.7 Å². The first-order valence-electron chi connectivity index (χ1n) is 5.75. The molecule has 1 aliphatic heterocycles. The molecule has 17 heavy (non-hydrogen) atoms. The number of hydrogen-bond donors (Lipinski definition) is 0. The van der Waals surface area contributed by atoms with Gasteiger partial charge in [0, 0.05) is 23.0 Å². The summed E-state index contributed by atoms with van der Waals surface area (Å²) in [7, 11) is -1.13. The highest BCUT2D eigenvalue weighted by atomic mass is 32.2. The summed E-state index contributed by atoms with van der Waals surface area (Å²) in [5.74, 6) is 0.0468. The van der Waals surface area contributed by atoms with Crippen LogP contribution in [0, 0.1) is 0 Å². The first-order valence-corrected chi connectivity index (χ1v) is 7.13. The number of benzene rings is 1. The van der Waals surface area contributed by atoms with E-state index in [0.29, 0.717) is 12.2 Å². The minimum absolute atomic E-state index is 0.000549. The Kier molecular flexibility index (Phi) is 4.07. The van der Waals surface area contributed by atoms with E-state index in [1.165, 1.54) is 0 Å². The summed E-state index contributed by atoms with van der Waals surface area (Å²) in [5, 5.41) is 0.00247. The van der Waals surface area contributed by atoms with Gasteiger partial charge in [-0.1, -0.05) is 30.3 Å². The number of carbonyl (C=O) groups is 1. The Morgan fingerprint density at radius 1 is 1.41 bits per heavy atom. The summed E-state index contributed by atoms with van der Waals surface area (Å²) in [6, 6.07) is 9.01. The molecular formula is C13H16O3S. The Morgan fingerprint density at radius 3 is 2.71 bits per heavy atom. The minimum Gasteiger partial charge on any atom is -0.377 e. The molecule has 0 saturated carbocycles. The van der Waals surface area contributed by atoms with Gasteiger partial charge in [0.25, 0.3) is 0 Å². The average molecular weight is 252 g/mol. The van der Waals surface area contributed by atoms with Crippen molar-refractivity contribution in [1.29, 1.82) is 0 Å². The lowest BCUT2D eigenvalue weighted by Gasteiger charge is -2.12. The number of rotatable bonds is 4. The smallest absolute Gasteiger partial charge is 0.175 e. The standard InChI is InChI=1S/C13H16O3S/c1-10-13(7-8-16-10)17(15)9-12(14)11-5-3-2-4-6-11/h2-6,10,13H,7-9H2,1H3. The van der Waals surface area contributed by atoms with Crippen LogP contribution in [0.4, 0.5) is 0 Å². The zero-order chi connectivity index (χ0) is 12.3. The van der Waals surface area contributed by atoms with Crippen molar-refractivity contribution in [3.05, 3.63) is 35.9 Å². The molecule has 92 valence electrons. The van der Waals surface area contributed by atoms with Crippen molar-refractivity contribution in [3.63, 3.8) is 0 Å². The average Bonchev–Trinajstić information content (AvgIpc) is 2.76. The molecule has 0 spiro atoms. The molecule has 2 rings (SSSR count). The monoisotopic (exact) mass is 252 g/mol. The Balaban J connectivity index is 1.97. The van der Waals surface area contributed by atoms with Crippen LogP contribution in [0.25, 0.3) is 0 Å². The first-order chi connectivity index (χ1) is 8.18. The van der Waals surface area contributed by atoms with Gasteiger partial charge in [0.2, 0.25) is 0 Å². The predicted octanol–water partition coefficient (Wildman–Crippen LogP) is 1.80. The molecule has 0 amide bonds. The van der Waals surface area contributed by atoms with Crippen LogP contribution >= 0.6 is 0 Å². The third-order valence-electron chi connectivity index (χ3n) is 3.01. The SMILES string of the molecule is CC1OCCC1S(=O)CC(=O)c1ccccc1. The fourth-order valence-corrected chi connectivity index (χ4v) is 3.51. The van der Waals surface area contributed by atoms with Crippen LogP contribution in [0.2, 0.25) is 0 Å². The van der Waals surface area contributed by atoms with E-state index in [4.69, 9.17) is 4.74 Å². The highest BCUT2D eigenvalue weighted by molar-refractivity contribution is 7.86. The van der Waals surface area contributed by atoms with Crippen LogP contribution in [0.1, 0.15) is 23.7 Å². The van der Waals surface area contributed by atoms with E-state index in [2.05, 4.69) is 0 Å². The van der Waals surface area contributed by atoms with Gasteiger partial charge in [0.15, 0.2) is 5.78 Å². The number of carbonyl (C=O) groups excluding carboxylic acids is 1. The van der Waals surface area contributed by atoms with Crippen LogP contribution in [-0.2, 0) is 15.5 Å². The van der Waals surface area contributed by atoms with Crippen LogP contribution in [0.3, 0.4) is 0 Å². The highest BCUT2D eigenvalue weighted by Crippen LogP contribution is 2.19. The molecule has 1 heterocycles. The van der Waals surface area contributed by atoms with E-state index in [1.54, 1.807) is 12.1 Å². The summed E-state index contributed by atoms with van der Waals surface area (Å²) in [5.41, 5.74) is 0.632. The maximum Gasteiger partial charge on any atom is 0.175 e. The zero-order valence-corrected chi connectivity index (χ0v) is 10.6. The van der Waals surface area contributed by atoms with E-state index in [1.807, 2.05) is 25.1 Å². The second-order valence-corrected chi connectivity index (χ2v) is 5.87. The summed E-state index contributed by atoms with van der Waals surface area (Å²) in [6.45, 7) is 2.57. The van der Waals surface area contributed by atoms with Gasteiger partial charge in [-0.2, -0.15) is 0 Å². The maximum absolute atomic E-state index is 12.0. The summed E-state index contributed by atoms with van der Waals surface area (Å²) in [6.07, 6.45) is 0.787. The van der Waals surface area contributed by atoms with E-state index >= 15 is 0 Å². The molecule has 3 atom stereocenters. The highest BCUT2D eigenvalue weighted by Gasteiger charge is 2.30.